The van der Waals surface area contributed by atoms with Crippen LogP contribution in [0, 0.1) is 18.8 Å². The zero-order valence-electron chi connectivity index (χ0n) is 21.0. The van der Waals surface area contributed by atoms with Crippen LogP contribution in [0.3, 0.4) is 0 Å². The van der Waals surface area contributed by atoms with Crippen LogP contribution in [-0.2, 0) is 0 Å². The monoisotopic (exact) mass is 479 g/mol. The number of hydrogen-bond donors (Lipinski definition) is 0. The first kappa shape index (κ1) is 23.5. The first-order valence-corrected chi connectivity index (χ1v) is 13.7. The van der Waals surface area contributed by atoms with Gasteiger partial charge in [-0.2, -0.15) is 5.10 Å². The largest absolute Gasteiger partial charge is 0.338 e. The van der Waals surface area contributed by atoms with Crippen LogP contribution in [0.5, 0.6) is 0 Å². The summed E-state index contributed by atoms with van der Waals surface area (Å²) in [7, 11) is 0. The molecule has 2 aliphatic heterocycles. The Balaban J connectivity index is 1.42. The summed E-state index contributed by atoms with van der Waals surface area (Å²) in [5.74, 6) is 1.53. The molecule has 0 spiro atoms. The summed E-state index contributed by atoms with van der Waals surface area (Å²) < 4.78 is 1.94. The minimum atomic E-state index is 0.127. The number of fused-ring (bicyclic) bond motifs is 1. The molecule has 0 saturated carbocycles. The van der Waals surface area contributed by atoms with Crippen molar-refractivity contribution in [1.29, 1.82) is 0 Å². The Morgan fingerprint density at radius 2 is 1.97 bits per heavy atom. The highest BCUT2D eigenvalue weighted by Gasteiger charge is 2.29. The van der Waals surface area contributed by atoms with Crippen molar-refractivity contribution < 1.29 is 4.79 Å². The summed E-state index contributed by atoms with van der Waals surface area (Å²) in [5.41, 5.74) is 2.41. The zero-order chi connectivity index (χ0) is 23.8. The van der Waals surface area contributed by atoms with Gasteiger partial charge in [-0.15, -0.1) is 11.3 Å². The maximum atomic E-state index is 13.9. The fourth-order valence-corrected chi connectivity index (χ4v) is 6.28. The van der Waals surface area contributed by atoms with Crippen LogP contribution in [0.25, 0.3) is 21.6 Å². The van der Waals surface area contributed by atoms with Gasteiger partial charge in [0, 0.05) is 30.6 Å². The van der Waals surface area contributed by atoms with E-state index in [-0.39, 0.29) is 11.9 Å². The fourth-order valence-electron chi connectivity index (χ4n) is 5.45. The number of likely N-dealkylation sites (tertiary alicyclic amines) is 2. The first-order valence-electron chi connectivity index (χ1n) is 12.9. The van der Waals surface area contributed by atoms with Gasteiger partial charge in [0.2, 0.25) is 0 Å². The highest BCUT2D eigenvalue weighted by Crippen LogP contribution is 2.32. The number of amides is 1. The normalized spacial score (nSPS) is 20.5. The van der Waals surface area contributed by atoms with E-state index in [1.165, 1.54) is 37.2 Å². The summed E-state index contributed by atoms with van der Waals surface area (Å²) in [4.78, 5) is 25.9. The smallest absolute Gasteiger partial charge is 0.254 e. The minimum Gasteiger partial charge on any atom is -0.338 e. The van der Waals surface area contributed by atoms with E-state index >= 15 is 0 Å². The molecule has 1 unspecified atom stereocenters. The molecule has 182 valence electrons. The molecule has 1 atom stereocenters. The molecule has 34 heavy (non-hydrogen) atoms. The number of carbonyl (C=O) groups excluding carboxylic acids is 1. The number of carbonyl (C=O) groups is 1. The third kappa shape index (κ3) is 4.78. The fraction of sp³-hybridized carbons (Fsp3) is 0.593. The molecule has 6 nitrogen and oxygen atoms in total. The van der Waals surface area contributed by atoms with Crippen molar-refractivity contribution in [3.8, 4) is 10.6 Å². The molecule has 5 rings (SSSR count). The molecular formula is C27H37N5OS. The number of pyridine rings is 1. The van der Waals surface area contributed by atoms with E-state index in [0.29, 0.717) is 5.92 Å². The molecule has 0 bridgehead atoms. The molecule has 7 heteroatoms. The first-order chi connectivity index (χ1) is 16.4. The predicted octanol–water partition coefficient (Wildman–Crippen LogP) is 5.63. The summed E-state index contributed by atoms with van der Waals surface area (Å²) in [5, 5.41) is 5.47. The van der Waals surface area contributed by atoms with Crippen LogP contribution in [0.1, 0.15) is 67.7 Å². The third-order valence-electron chi connectivity index (χ3n) is 7.48. The van der Waals surface area contributed by atoms with Crippen LogP contribution >= 0.6 is 11.3 Å². The van der Waals surface area contributed by atoms with Gasteiger partial charge in [0.05, 0.1) is 27.7 Å². The van der Waals surface area contributed by atoms with Crippen LogP contribution in [0.15, 0.2) is 24.4 Å². The van der Waals surface area contributed by atoms with Crippen LogP contribution in [0.2, 0.25) is 0 Å². The molecule has 5 heterocycles. The summed E-state index contributed by atoms with van der Waals surface area (Å²) >= 11 is 1.72. The molecule has 1 amide bonds. The minimum absolute atomic E-state index is 0.127. The van der Waals surface area contributed by atoms with Crippen LogP contribution < -0.4 is 0 Å². The molecule has 0 aliphatic carbocycles. The lowest BCUT2D eigenvalue weighted by atomic mass is 9.94. The molecule has 0 aromatic carbocycles. The van der Waals surface area contributed by atoms with E-state index < -0.39 is 0 Å². The van der Waals surface area contributed by atoms with Gasteiger partial charge in [-0.1, -0.05) is 6.92 Å². The molecule has 2 aliphatic rings. The quantitative estimate of drug-likeness (QED) is 0.476. The zero-order valence-corrected chi connectivity index (χ0v) is 21.8. The number of piperidine rings is 2. The standard InChI is InChI=1S/C27H37N5OS/c1-18(2)32-26-23(15-28-32)22(14-24(29-26)25-8-7-20(4)34-25)27(33)31-11-5-6-21(17-31)16-30-12-9-19(3)10-13-30/h7-8,14-15,18-19,21H,5-6,9-13,16-17H2,1-4H3. The third-order valence-corrected chi connectivity index (χ3v) is 8.50. The Hall–Kier alpha value is -2.25. The van der Waals surface area contributed by atoms with Crippen molar-refractivity contribution in [2.24, 2.45) is 11.8 Å². The lowest BCUT2D eigenvalue weighted by molar-refractivity contribution is 0.0624. The highest BCUT2D eigenvalue weighted by atomic mass is 32.1. The van der Waals surface area contributed by atoms with Crippen LogP contribution in [-0.4, -0.2) is 63.2 Å². The van der Waals surface area contributed by atoms with Crippen molar-refractivity contribution in [2.45, 2.75) is 59.4 Å². The molecule has 0 N–H and O–H groups in total. The average Bonchev–Trinajstić information content (AvgIpc) is 3.46. The van der Waals surface area contributed by atoms with E-state index in [4.69, 9.17) is 4.98 Å². The molecule has 3 aromatic heterocycles. The Kier molecular flexibility index (Phi) is 6.76. The number of nitrogens with zero attached hydrogens (tertiary/aromatic N) is 5. The van der Waals surface area contributed by atoms with Gasteiger partial charge in [0.25, 0.3) is 5.91 Å². The second kappa shape index (κ2) is 9.78. The van der Waals surface area contributed by atoms with E-state index in [1.807, 2.05) is 16.9 Å². The summed E-state index contributed by atoms with van der Waals surface area (Å²) in [6.45, 7) is 13.9. The number of thiophene rings is 1. The average molecular weight is 480 g/mol. The summed E-state index contributed by atoms with van der Waals surface area (Å²) in [6, 6.07) is 6.40. The van der Waals surface area contributed by atoms with Crippen molar-refractivity contribution in [3.63, 3.8) is 0 Å². The SMILES string of the molecule is Cc1ccc(-c2cc(C(=O)N3CCCC(CN4CCC(C)CC4)C3)c3cnn(C(C)C)c3n2)s1. The van der Waals surface area contributed by atoms with E-state index in [1.54, 1.807) is 11.3 Å². The van der Waals surface area contributed by atoms with Gasteiger partial charge in [-0.05, 0) is 89.6 Å². The molecule has 2 fully saturated rings. The predicted molar refractivity (Wildman–Crippen MR) is 139 cm³/mol. The van der Waals surface area contributed by atoms with E-state index in [0.717, 1.165) is 59.1 Å². The van der Waals surface area contributed by atoms with Crippen molar-refractivity contribution in [1.82, 2.24) is 24.6 Å². The van der Waals surface area contributed by atoms with Crippen molar-refractivity contribution in [2.75, 3.05) is 32.7 Å². The Morgan fingerprint density at radius 1 is 1.18 bits per heavy atom. The topological polar surface area (TPSA) is 54.3 Å². The summed E-state index contributed by atoms with van der Waals surface area (Å²) in [6.07, 6.45) is 6.73. The van der Waals surface area contributed by atoms with Gasteiger partial charge in [0.15, 0.2) is 5.65 Å². The lowest BCUT2D eigenvalue weighted by Gasteiger charge is -2.38. The lowest BCUT2D eigenvalue weighted by Crippen LogP contribution is -2.45. The van der Waals surface area contributed by atoms with Gasteiger partial charge in [-0.3, -0.25) is 4.79 Å². The number of aromatic nitrogens is 3. The van der Waals surface area contributed by atoms with Gasteiger partial charge < -0.3 is 9.80 Å². The van der Waals surface area contributed by atoms with Crippen LogP contribution in [0.4, 0.5) is 0 Å². The second-order valence-corrected chi connectivity index (χ2v) is 11.9. The van der Waals surface area contributed by atoms with Gasteiger partial charge in [-0.25, -0.2) is 9.67 Å². The number of hydrogen-bond acceptors (Lipinski definition) is 5. The van der Waals surface area contributed by atoms with E-state index in [9.17, 15) is 4.79 Å². The number of aryl methyl sites for hydroxylation is 1. The maximum absolute atomic E-state index is 13.9. The Bertz CT molecular complexity index is 1160. The number of rotatable bonds is 5. The molecule has 3 aromatic rings. The molecule has 0 radical (unpaired) electrons. The van der Waals surface area contributed by atoms with Crippen molar-refractivity contribution in [3.05, 3.63) is 34.8 Å². The van der Waals surface area contributed by atoms with Gasteiger partial charge >= 0.3 is 0 Å². The Morgan fingerprint density at radius 3 is 2.68 bits per heavy atom. The highest BCUT2D eigenvalue weighted by molar-refractivity contribution is 7.15. The maximum Gasteiger partial charge on any atom is 0.254 e. The molecule has 2 saturated heterocycles. The Labute approximate surface area is 207 Å². The van der Waals surface area contributed by atoms with Gasteiger partial charge in [0.1, 0.15) is 0 Å². The second-order valence-electron chi connectivity index (χ2n) is 10.6. The van der Waals surface area contributed by atoms with E-state index in [2.05, 4.69) is 54.7 Å². The van der Waals surface area contributed by atoms with Crippen molar-refractivity contribution >= 4 is 28.3 Å². The molecular weight excluding hydrogens is 442 g/mol.